The van der Waals surface area contributed by atoms with Crippen molar-refractivity contribution in [3.05, 3.63) is 145 Å². The van der Waals surface area contributed by atoms with Crippen molar-refractivity contribution >= 4 is 29.1 Å². The highest BCUT2D eigenvalue weighted by Gasteiger charge is 2.46. The lowest BCUT2D eigenvalue weighted by atomic mass is 9.92. The summed E-state index contributed by atoms with van der Waals surface area (Å²) in [4.78, 5) is 17.4. The molecule has 0 aliphatic heterocycles. The van der Waals surface area contributed by atoms with E-state index in [2.05, 4.69) is 91.0 Å². The van der Waals surface area contributed by atoms with Gasteiger partial charge in [-0.2, -0.15) is 0 Å². The molecule has 1 heterocycles. The molecule has 1 atom stereocenters. The van der Waals surface area contributed by atoms with Crippen LogP contribution in [0.1, 0.15) is 36.4 Å². The number of hydrogen-bond donors (Lipinski definition) is 0. The summed E-state index contributed by atoms with van der Waals surface area (Å²) in [7, 11) is -2.08. The second-order valence-electron chi connectivity index (χ2n) is 9.53. The lowest BCUT2D eigenvalue weighted by molar-refractivity contribution is -0.143. The maximum atomic E-state index is 12.4. The Morgan fingerprint density at radius 2 is 1.25 bits per heavy atom. The van der Waals surface area contributed by atoms with Gasteiger partial charge >= 0.3 is 5.97 Å². The van der Waals surface area contributed by atoms with Gasteiger partial charge in [-0.05, 0) is 48.9 Å². The van der Waals surface area contributed by atoms with Crippen molar-refractivity contribution in [2.45, 2.75) is 31.8 Å². The van der Waals surface area contributed by atoms with Gasteiger partial charge in [0.25, 0.3) is 0 Å². The fourth-order valence-electron chi connectivity index (χ4n) is 5.19. The minimum absolute atomic E-state index is 0. The van der Waals surface area contributed by atoms with Gasteiger partial charge in [0.15, 0.2) is 5.89 Å². The van der Waals surface area contributed by atoms with Crippen molar-refractivity contribution in [1.82, 2.24) is 4.98 Å². The number of esters is 1. The number of aromatic nitrogens is 1. The fourth-order valence-corrected chi connectivity index (χ4v) is 9.31. The molecule has 0 N–H and O–H groups in total. The lowest BCUT2D eigenvalue weighted by Gasteiger charge is -2.26. The quantitative estimate of drug-likeness (QED) is 0.169. The minimum Gasteiger partial charge on any atom is -1.00 e. The van der Waals surface area contributed by atoms with E-state index in [0.717, 1.165) is 17.4 Å². The molecular formula is C34H33BrNO3P. The van der Waals surface area contributed by atoms with E-state index in [9.17, 15) is 4.79 Å². The Hall–Kier alpha value is -3.53. The lowest BCUT2D eigenvalue weighted by Crippen LogP contribution is -3.00. The highest BCUT2D eigenvalue weighted by Crippen LogP contribution is 2.58. The van der Waals surface area contributed by atoms with E-state index in [1.165, 1.54) is 15.9 Å². The molecule has 0 amide bonds. The van der Waals surface area contributed by atoms with Gasteiger partial charge in [0.2, 0.25) is 0 Å². The molecule has 0 aliphatic carbocycles. The summed E-state index contributed by atoms with van der Waals surface area (Å²) in [5, 5.41) is 3.91. The first kappa shape index (κ1) is 29.5. The van der Waals surface area contributed by atoms with Crippen molar-refractivity contribution in [3.8, 4) is 0 Å². The third kappa shape index (κ3) is 6.78. The number of benzene rings is 4. The Morgan fingerprint density at radius 3 is 1.73 bits per heavy atom. The van der Waals surface area contributed by atoms with E-state index < -0.39 is 7.26 Å². The first-order chi connectivity index (χ1) is 19.2. The predicted octanol–water partition coefficient (Wildman–Crippen LogP) is 3.45. The number of oxazole rings is 1. The smallest absolute Gasteiger partial charge is 0.306 e. The molecule has 5 aromatic rings. The van der Waals surface area contributed by atoms with Crippen LogP contribution < -0.4 is 32.9 Å². The van der Waals surface area contributed by atoms with E-state index in [1.807, 2.05) is 37.3 Å². The van der Waals surface area contributed by atoms with Gasteiger partial charge in [0.1, 0.15) is 41.3 Å². The molecular weight excluding hydrogens is 581 g/mol. The van der Waals surface area contributed by atoms with Crippen LogP contribution in [0.2, 0.25) is 0 Å². The summed E-state index contributed by atoms with van der Waals surface area (Å²) in [6.07, 6.45) is 3.34. The summed E-state index contributed by atoms with van der Waals surface area (Å²) < 4.78 is 11.3. The molecule has 0 radical (unpaired) electrons. The summed E-state index contributed by atoms with van der Waals surface area (Å²) in [5.41, 5.74) is 1.99. The molecule has 6 heteroatoms. The Bertz CT molecular complexity index is 1360. The van der Waals surface area contributed by atoms with Crippen molar-refractivity contribution < 1.29 is 30.9 Å². The van der Waals surface area contributed by atoms with Crippen LogP contribution in [0.15, 0.2) is 132 Å². The summed E-state index contributed by atoms with van der Waals surface area (Å²) in [6.45, 7) is 2.20. The zero-order valence-electron chi connectivity index (χ0n) is 22.5. The highest BCUT2D eigenvalue weighted by atomic mass is 79.9. The molecule has 0 fully saturated rings. The van der Waals surface area contributed by atoms with Crippen LogP contribution in [-0.2, 0) is 22.1 Å². The molecule has 5 rings (SSSR count). The Morgan fingerprint density at radius 1 is 0.775 bits per heavy atom. The van der Waals surface area contributed by atoms with Crippen LogP contribution in [-0.4, -0.2) is 17.6 Å². The van der Waals surface area contributed by atoms with Gasteiger partial charge in [-0.25, -0.2) is 4.98 Å². The number of ether oxygens (including phenoxy) is 1. The number of rotatable bonds is 11. The largest absolute Gasteiger partial charge is 1.00 e. The zero-order valence-corrected chi connectivity index (χ0v) is 25.0. The standard InChI is InChI=1S/C34H33NO3P.BrH/c1-2-37-34(36)24-28(27-15-7-3-8-16-27)23-33-35-29(25-38-33)26-39(30-17-9-4-10-18-30,31-19-11-5-12-20-31)32-21-13-6-14-22-32;/h3-22,25,28H,2,23-24,26H2,1H3;1H/q+1;/p-1. The number of halogens is 1. The van der Waals surface area contributed by atoms with E-state index in [-0.39, 0.29) is 35.3 Å². The fraction of sp³-hybridized carbons (Fsp3) is 0.176. The summed E-state index contributed by atoms with van der Waals surface area (Å²) >= 11 is 0. The van der Waals surface area contributed by atoms with Gasteiger partial charge in [0, 0.05) is 12.3 Å². The normalized spacial score (nSPS) is 11.8. The van der Waals surface area contributed by atoms with Crippen molar-refractivity contribution in [2.24, 2.45) is 0 Å². The average Bonchev–Trinajstić information content (AvgIpc) is 3.44. The summed E-state index contributed by atoms with van der Waals surface area (Å²) in [6, 6.07) is 42.4. The van der Waals surface area contributed by atoms with E-state index in [4.69, 9.17) is 14.1 Å². The Kier molecular flexibility index (Phi) is 10.5. The molecule has 0 saturated carbocycles. The van der Waals surface area contributed by atoms with Crippen molar-refractivity contribution in [2.75, 3.05) is 6.61 Å². The van der Waals surface area contributed by atoms with Crippen LogP contribution in [0.5, 0.6) is 0 Å². The molecule has 4 nitrogen and oxygen atoms in total. The first-order valence-electron chi connectivity index (χ1n) is 13.4. The average molecular weight is 615 g/mol. The van der Waals surface area contributed by atoms with Gasteiger partial charge in [-0.15, -0.1) is 0 Å². The van der Waals surface area contributed by atoms with Crippen molar-refractivity contribution in [3.63, 3.8) is 0 Å². The monoisotopic (exact) mass is 613 g/mol. The summed E-state index contributed by atoms with van der Waals surface area (Å²) in [5.74, 6) is 0.351. The number of carbonyl (C=O) groups is 1. The maximum absolute atomic E-state index is 12.4. The van der Waals surface area contributed by atoms with E-state index in [1.54, 1.807) is 6.26 Å². The zero-order chi connectivity index (χ0) is 26.9. The number of hydrogen-bond acceptors (Lipinski definition) is 4. The number of nitrogens with zero attached hydrogens (tertiary/aromatic N) is 1. The minimum atomic E-state index is -2.08. The molecule has 1 unspecified atom stereocenters. The second-order valence-corrected chi connectivity index (χ2v) is 13.0. The van der Waals surface area contributed by atoms with Crippen molar-refractivity contribution in [1.29, 1.82) is 0 Å². The van der Waals surface area contributed by atoms with E-state index in [0.29, 0.717) is 18.9 Å². The first-order valence-corrected chi connectivity index (χ1v) is 15.3. The topological polar surface area (TPSA) is 52.3 Å². The molecule has 204 valence electrons. The third-order valence-electron chi connectivity index (χ3n) is 7.00. The Balaban J connectivity index is 0.00000370. The predicted molar refractivity (Wildman–Crippen MR) is 159 cm³/mol. The molecule has 0 aliphatic rings. The molecule has 0 spiro atoms. The Labute approximate surface area is 247 Å². The SMILES string of the molecule is CCOC(=O)CC(Cc1nc(C[P+](c2ccccc2)(c2ccccc2)c2ccccc2)co1)c1ccccc1.[Br-]. The van der Waals surface area contributed by atoms with Crippen LogP contribution >= 0.6 is 7.26 Å². The molecule has 0 bridgehead atoms. The van der Waals surface area contributed by atoms with Gasteiger partial charge < -0.3 is 26.1 Å². The highest BCUT2D eigenvalue weighted by molar-refractivity contribution is 7.95. The van der Waals surface area contributed by atoms with Gasteiger partial charge in [0.05, 0.1) is 13.0 Å². The number of carbonyl (C=O) groups excluding carboxylic acids is 1. The van der Waals surface area contributed by atoms with Crippen LogP contribution in [0.3, 0.4) is 0 Å². The molecule has 40 heavy (non-hydrogen) atoms. The maximum Gasteiger partial charge on any atom is 0.306 e. The molecule has 1 aromatic heterocycles. The van der Waals surface area contributed by atoms with Crippen LogP contribution in [0, 0.1) is 0 Å². The third-order valence-corrected chi connectivity index (χ3v) is 11.3. The van der Waals surface area contributed by atoms with Crippen LogP contribution in [0.25, 0.3) is 0 Å². The van der Waals surface area contributed by atoms with E-state index >= 15 is 0 Å². The molecule has 4 aromatic carbocycles. The van der Waals surface area contributed by atoms with Gasteiger partial charge in [-0.3, -0.25) is 4.79 Å². The second kappa shape index (κ2) is 14.2. The molecule has 0 saturated heterocycles. The van der Waals surface area contributed by atoms with Gasteiger partial charge in [-0.1, -0.05) is 84.9 Å². The van der Waals surface area contributed by atoms with Crippen LogP contribution in [0.4, 0.5) is 0 Å².